The summed E-state index contributed by atoms with van der Waals surface area (Å²) in [6.07, 6.45) is 6.58. The van der Waals surface area contributed by atoms with Crippen molar-refractivity contribution in [2.75, 3.05) is 12.8 Å². The Kier molecular flexibility index (Phi) is 6.47. The molecule has 1 saturated carbocycles. The number of anilines is 1. The molecule has 190 valence electrons. The molecular weight excluding hydrogens is 470 g/mol. The fourth-order valence-corrected chi connectivity index (χ4v) is 4.41. The summed E-state index contributed by atoms with van der Waals surface area (Å²) < 4.78 is 9.63. The smallest absolute Gasteiger partial charge is 0.336 e. The van der Waals surface area contributed by atoms with Crippen LogP contribution < -0.4 is 10.5 Å². The quantitative estimate of drug-likeness (QED) is 0.351. The van der Waals surface area contributed by atoms with Crippen molar-refractivity contribution in [1.29, 1.82) is 0 Å². The van der Waals surface area contributed by atoms with Crippen LogP contribution in [0.4, 0.5) is 5.95 Å². The highest BCUT2D eigenvalue weighted by Crippen LogP contribution is 2.37. The Morgan fingerprint density at radius 1 is 1.16 bits per heavy atom. The number of nitrogen functional groups attached to an aromatic ring is 1. The number of aromatic carboxylic acids is 1. The number of aromatic nitrogens is 6. The molecule has 0 unspecified atom stereocenters. The van der Waals surface area contributed by atoms with E-state index < -0.39 is 5.97 Å². The zero-order chi connectivity index (χ0) is 26.1. The lowest BCUT2D eigenvalue weighted by Crippen LogP contribution is -2.04. The number of carbonyl (C=O) groups is 1. The van der Waals surface area contributed by atoms with Crippen LogP contribution in [0.25, 0.3) is 28.1 Å². The fourth-order valence-electron chi connectivity index (χ4n) is 4.41. The number of nitrogens with zero attached hydrogens (tertiary/aromatic N) is 6. The first-order valence-corrected chi connectivity index (χ1v) is 12.2. The lowest BCUT2D eigenvalue weighted by Gasteiger charge is -2.10. The maximum absolute atomic E-state index is 11.5. The highest BCUT2D eigenvalue weighted by Gasteiger charge is 2.26. The van der Waals surface area contributed by atoms with Crippen LogP contribution in [0, 0.1) is 12.8 Å². The number of ether oxygens (including phenoxy) is 1. The summed E-state index contributed by atoms with van der Waals surface area (Å²) in [6.45, 7) is 5.02. The minimum absolute atomic E-state index is 0.156. The molecule has 1 aliphatic rings. The van der Waals surface area contributed by atoms with Gasteiger partial charge in [-0.3, -0.25) is 4.40 Å². The summed E-state index contributed by atoms with van der Waals surface area (Å²) in [5.41, 5.74) is 10.7. The fraction of sp³-hybridized carbons (Fsp3) is 0.296. The van der Waals surface area contributed by atoms with Crippen molar-refractivity contribution < 1.29 is 14.6 Å². The molecular formula is C27H29N7O3. The summed E-state index contributed by atoms with van der Waals surface area (Å²) in [5, 5.41) is 10.5. The second-order valence-electron chi connectivity index (χ2n) is 9.09. The van der Waals surface area contributed by atoms with Crippen LogP contribution in [0.15, 0.2) is 48.8 Å². The number of fused-ring (bicyclic) bond motifs is 2. The number of nitrogens with two attached hydrogens (primary N) is 1. The molecule has 0 saturated heterocycles. The highest BCUT2D eigenvalue weighted by molar-refractivity contribution is 5.90. The van der Waals surface area contributed by atoms with E-state index >= 15 is 0 Å². The van der Waals surface area contributed by atoms with Gasteiger partial charge >= 0.3 is 5.97 Å². The van der Waals surface area contributed by atoms with E-state index in [1.165, 1.54) is 18.9 Å². The van der Waals surface area contributed by atoms with Gasteiger partial charge in [0.15, 0.2) is 5.88 Å². The van der Waals surface area contributed by atoms with Gasteiger partial charge in [0.2, 0.25) is 5.95 Å². The molecule has 0 spiro atoms. The zero-order valence-electron chi connectivity index (χ0n) is 21.0. The molecule has 3 N–H and O–H groups in total. The number of carboxylic acid groups (broad SMARTS) is 1. The van der Waals surface area contributed by atoms with Gasteiger partial charge in [0.1, 0.15) is 17.0 Å². The molecule has 0 bridgehead atoms. The lowest BCUT2D eigenvalue weighted by molar-refractivity contribution is 0.0696. The van der Waals surface area contributed by atoms with Crippen molar-refractivity contribution in [3.05, 3.63) is 65.7 Å². The minimum atomic E-state index is -1.00. The van der Waals surface area contributed by atoms with Crippen molar-refractivity contribution >= 4 is 28.6 Å². The average molecular weight is 500 g/mol. The Morgan fingerprint density at radius 3 is 2.51 bits per heavy atom. The third-order valence-electron chi connectivity index (χ3n) is 6.50. The van der Waals surface area contributed by atoms with Gasteiger partial charge in [0.25, 0.3) is 0 Å². The number of hydrogen-bond donors (Lipinski definition) is 2. The van der Waals surface area contributed by atoms with Crippen LogP contribution >= 0.6 is 0 Å². The number of aryl methyl sites for hydroxylation is 2. The van der Waals surface area contributed by atoms with E-state index in [2.05, 4.69) is 39.7 Å². The average Bonchev–Trinajstić information content (AvgIpc) is 3.58. The molecule has 1 aliphatic carbocycles. The summed E-state index contributed by atoms with van der Waals surface area (Å²) in [7, 11) is 1.54. The number of carboxylic acids is 1. The third kappa shape index (κ3) is 4.82. The first-order valence-electron chi connectivity index (χ1n) is 12.2. The van der Waals surface area contributed by atoms with Gasteiger partial charge in [0.05, 0.1) is 24.1 Å². The predicted octanol–water partition coefficient (Wildman–Crippen LogP) is 4.40. The second kappa shape index (κ2) is 9.88. The monoisotopic (exact) mass is 499 g/mol. The van der Waals surface area contributed by atoms with E-state index in [0.717, 1.165) is 46.8 Å². The summed E-state index contributed by atoms with van der Waals surface area (Å²) in [6, 6.07) is 11.2. The maximum atomic E-state index is 11.5. The van der Waals surface area contributed by atoms with Gasteiger partial charge in [-0.25, -0.2) is 24.7 Å². The van der Waals surface area contributed by atoms with E-state index in [1.807, 2.05) is 11.3 Å². The van der Waals surface area contributed by atoms with E-state index in [9.17, 15) is 9.90 Å². The predicted molar refractivity (Wildman–Crippen MR) is 141 cm³/mol. The molecule has 5 aromatic heterocycles. The lowest BCUT2D eigenvalue weighted by atomic mass is 10.2. The van der Waals surface area contributed by atoms with Crippen molar-refractivity contribution in [2.24, 2.45) is 5.92 Å². The van der Waals surface area contributed by atoms with E-state index in [0.29, 0.717) is 23.4 Å². The van der Waals surface area contributed by atoms with Gasteiger partial charge in [-0.1, -0.05) is 6.92 Å². The standard InChI is InChI=1S/C23H24N4O3.C4H5N3/c1-4-17-8-7-15-9-18(26(22(15)24-17)12-14-5-6-14)21-13(2)27-19(25-21)10-16(23(28)29)11-20(27)30-3;5-4-6-2-1-3-7-4/h7-11,14H,4-6,12H2,1-3H3,(H,28,29);1-3H,(H2,5,6,7). The minimum Gasteiger partial charge on any atom is -0.482 e. The normalized spacial score (nSPS) is 12.9. The summed E-state index contributed by atoms with van der Waals surface area (Å²) in [5.74, 6) is 0.453. The van der Waals surface area contributed by atoms with Crippen LogP contribution in [0.2, 0.25) is 0 Å². The molecule has 5 aromatic rings. The molecule has 0 radical (unpaired) electrons. The Hall–Kier alpha value is -4.47. The van der Waals surface area contributed by atoms with E-state index in [1.54, 1.807) is 31.6 Å². The van der Waals surface area contributed by atoms with Crippen molar-refractivity contribution in [1.82, 2.24) is 28.9 Å². The van der Waals surface area contributed by atoms with Crippen LogP contribution in [0.5, 0.6) is 5.88 Å². The molecule has 0 amide bonds. The van der Waals surface area contributed by atoms with E-state index in [-0.39, 0.29) is 5.56 Å². The third-order valence-corrected chi connectivity index (χ3v) is 6.50. The zero-order valence-corrected chi connectivity index (χ0v) is 21.0. The van der Waals surface area contributed by atoms with Gasteiger partial charge < -0.3 is 20.1 Å². The molecule has 10 heteroatoms. The Balaban J connectivity index is 0.000000348. The van der Waals surface area contributed by atoms with Crippen molar-refractivity contribution in [2.45, 2.75) is 39.7 Å². The van der Waals surface area contributed by atoms with Gasteiger partial charge in [-0.15, -0.1) is 0 Å². The van der Waals surface area contributed by atoms with Crippen molar-refractivity contribution in [3.8, 4) is 17.3 Å². The molecule has 1 fully saturated rings. The first-order chi connectivity index (χ1) is 17.9. The van der Waals surface area contributed by atoms with Crippen LogP contribution in [0.3, 0.4) is 0 Å². The number of rotatable bonds is 6. The molecule has 6 rings (SSSR count). The highest BCUT2D eigenvalue weighted by atomic mass is 16.5. The Labute approximate surface area is 213 Å². The number of hydrogen-bond acceptors (Lipinski definition) is 7. The van der Waals surface area contributed by atoms with Crippen LogP contribution in [-0.2, 0) is 13.0 Å². The molecule has 5 heterocycles. The number of imidazole rings is 1. The number of pyridine rings is 2. The molecule has 37 heavy (non-hydrogen) atoms. The Morgan fingerprint density at radius 2 is 1.92 bits per heavy atom. The van der Waals surface area contributed by atoms with Gasteiger partial charge in [0, 0.05) is 36.1 Å². The van der Waals surface area contributed by atoms with Crippen LogP contribution in [0.1, 0.15) is 41.5 Å². The topological polar surface area (TPSA) is 133 Å². The van der Waals surface area contributed by atoms with Crippen LogP contribution in [-0.4, -0.2) is 47.1 Å². The second-order valence-corrected chi connectivity index (χ2v) is 9.09. The summed E-state index contributed by atoms with van der Waals surface area (Å²) in [4.78, 5) is 28.6. The van der Waals surface area contributed by atoms with Gasteiger partial charge in [-0.05, 0) is 62.4 Å². The molecule has 0 aromatic carbocycles. The van der Waals surface area contributed by atoms with Crippen molar-refractivity contribution in [3.63, 3.8) is 0 Å². The largest absolute Gasteiger partial charge is 0.482 e. The Bertz CT molecular complexity index is 1590. The molecule has 10 nitrogen and oxygen atoms in total. The molecule has 0 aliphatic heterocycles. The van der Waals surface area contributed by atoms with E-state index in [4.69, 9.17) is 20.4 Å². The molecule has 0 atom stereocenters. The first kappa shape index (κ1) is 24.2. The number of methoxy groups -OCH3 is 1. The van der Waals surface area contributed by atoms with Gasteiger partial charge in [-0.2, -0.15) is 0 Å². The maximum Gasteiger partial charge on any atom is 0.336 e. The SMILES string of the molecule is CCc1ccc2cc(-c3nc4cc(C(=O)O)cc(OC)n4c3C)n(CC3CC3)c2n1.Nc1ncccn1. The summed E-state index contributed by atoms with van der Waals surface area (Å²) >= 11 is 0.